The molecule has 1 unspecified atom stereocenters. The number of fused-ring (bicyclic) bond motifs is 1. The van der Waals surface area contributed by atoms with E-state index < -0.39 is 47.8 Å². The number of anilines is 2. The van der Waals surface area contributed by atoms with E-state index in [2.05, 4.69) is 15.4 Å². The van der Waals surface area contributed by atoms with Gasteiger partial charge in [0.2, 0.25) is 0 Å². The van der Waals surface area contributed by atoms with Crippen LogP contribution in [0.4, 0.5) is 51.1 Å². The average Bonchev–Trinajstić information content (AvgIpc) is 3.25. The number of aliphatic hydroxyl groups excluding tert-OH is 1. The highest BCUT2D eigenvalue weighted by Gasteiger charge is 2.39. The quantitative estimate of drug-likeness (QED) is 0.323. The van der Waals surface area contributed by atoms with Crippen LogP contribution in [0.5, 0.6) is 0 Å². The Labute approximate surface area is 234 Å². The minimum atomic E-state index is -5.07. The first-order chi connectivity index (χ1) is 19.5. The first-order valence-electron chi connectivity index (χ1n) is 12.9. The Morgan fingerprint density at radius 1 is 0.929 bits per heavy atom. The zero-order chi connectivity index (χ0) is 31.0. The third kappa shape index (κ3) is 6.73. The highest BCUT2D eigenvalue weighted by molar-refractivity contribution is 5.62. The Bertz CT molecular complexity index is 1370. The molecule has 1 aliphatic heterocycles. The second kappa shape index (κ2) is 11.6. The molecule has 3 aromatic rings. The Morgan fingerprint density at radius 3 is 2.07 bits per heavy atom. The highest BCUT2D eigenvalue weighted by Crippen LogP contribution is 2.44. The fourth-order valence-corrected chi connectivity index (χ4v) is 5.19. The lowest BCUT2D eigenvalue weighted by atomic mass is 9.93. The summed E-state index contributed by atoms with van der Waals surface area (Å²) < 4.78 is 124. The molecule has 16 heteroatoms. The van der Waals surface area contributed by atoms with Crippen LogP contribution in [0.1, 0.15) is 59.2 Å². The van der Waals surface area contributed by atoms with Gasteiger partial charge in [0.1, 0.15) is 0 Å². The lowest BCUT2D eigenvalue weighted by molar-refractivity contribution is -0.143. The number of aromatic nitrogens is 4. The van der Waals surface area contributed by atoms with E-state index in [9.17, 15) is 44.6 Å². The van der Waals surface area contributed by atoms with E-state index in [-0.39, 0.29) is 61.4 Å². The summed E-state index contributed by atoms with van der Waals surface area (Å²) >= 11 is 0. The zero-order valence-corrected chi connectivity index (χ0v) is 22.4. The van der Waals surface area contributed by atoms with Crippen LogP contribution in [0.3, 0.4) is 0 Å². The molecule has 0 aliphatic carbocycles. The molecule has 0 fully saturated rings. The molecule has 0 amide bonds. The third-order valence-electron chi connectivity index (χ3n) is 7.05. The van der Waals surface area contributed by atoms with Crippen molar-refractivity contribution in [1.29, 1.82) is 0 Å². The molecule has 0 saturated heterocycles. The summed E-state index contributed by atoms with van der Waals surface area (Å²) in [5, 5.41) is 21.4. The molecule has 2 aromatic carbocycles. The molecule has 42 heavy (non-hydrogen) atoms. The minimum Gasteiger partial charge on any atom is -0.395 e. The van der Waals surface area contributed by atoms with Gasteiger partial charge in [-0.05, 0) is 65.4 Å². The summed E-state index contributed by atoms with van der Waals surface area (Å²) in [6, 6.07) is 2.70. The van der Waals surface area contributed by atoms with Crippen molar-refractivity contribution in [3.63, 3.8) is 0 Å². The molecule has 1 atom stereocenters. The Balaban J connectivity index is 1.92. The first kappa shape index (κ1) is 31.4. The van der Waals surface area contributed by atoms with Gasteiger partial charge in [-0.1, -0.05) is 18.1 Å². The van der Waals surface area contributed by atoms with Crippen LogP contribution in [-0.2, 0) is 38.5 Å². The number of hydrogen-bond acceptors (Lipinski definition) is 6. The number of tetrazole rings is 1. The maximum absolute atomic E-state index is 14.0. The van der Waals surface area contributed by atoms with Gasteiger partial charge in [-0.3, -0.25) is 0 Å². The van der Waals surface area contributed by atoms with Gasteiger partial charge in [-0.15, -0.1) is 5.10 Å². The number of β-amino-alcohol motifs (C(OH)–C–C–N with tert-alkyl or cyclic N) is 1. The van der Waals surface area contributed by atoms with E-state index in [0.29, 0.717) is 24.1 Å². The monoisotopic (exact) mass is 610 g/mol. The molecule has 4 rings (SSSR count). The molecule has 2 heterocycles. The first-order valence-corrected chi connectivity index (χ1v) is 12.9. The molecule has 7 nitrogen and oxygen atoms in total. The van der Waals surface area contributed by atoms with Gasteiger partial charge in [-0.25, -0.2) is 0 Å². The predicted molar refractivity (Wildman–Crippen MR) is 134 cm³/mol. The van der Waals surface area contributed by atoms with Crippen LogP contribution < -0.4 is 9.80 Å². The Morgan fingerprint density at radius 2 is 1.57 bits per heavy atom. The Hall–Kier alpha value is -3.56. The maximum Gasteiger partial charge on any atom is 0.416 e. The average molecular weight is 611 g/mol. The lowest BCUT2D eigenvalue weighted by Gasteiger charge is -2.33. The van der Waals surface area contributed by atoms with Crippen molar-refractivity contribution in [3.05, 3.63) is 63.7 Å². The van der Waals surface area contributed by atoms with Crippen LogP contribution in [0.2, 0.25) is 0 Å². The number of benzene rings is 2. The molecular weight excluding hydrogens is 583 g/mol. The van der Waals surface area contributed by atoms with Gasteiger partial charge in [0, 0.05) is 25.3 Å². The van der Waals surface area contributed by atoms with Crippen molar-refractivity contribution < 1.29 is 44.6 Å². The highest BCUT2D eigenvalue weighted by atomic mass is 19.4. The Kier molecular flexibility index (Phi) is 8.67. The topological polar surface area (TPSA) is 70.3 Å². The fraction of sp³-hybridized carbons (Fsp3) is 0.500. The summed E-state index contributed by atoms with van der Waals surface area (Å²) in [6.07, 6.45) is -14.2. The molecule has 0 spiro atoms. The van der Waals surface area contributed by atoms with Crippen LogP contribution in [0.25, 0.3) is 0 Å². The molecule has 0 radical (unpaired) electrons. The molecule has 0 saturated carbocycles. The molecule has 1 aliphatic rings. The molecule has 230 valence electrons. The van der Waals surface area contributed by atoms with Gasteiger partial charge in [0.15, 0.2) is 0 Å². The maximum atomic E-state index is 14.0. The molecular formula is C26H27F9N6O. The predicted octanol–water partition coefficient (Wildman–Crippen LogP) is 6.17. The van der Waals surface area contributed by atoms with Crippen molar-refractivity contribution in [2.45, 2.75) is 57.3 Å². The van der Waals surface area contributed by atoms with E-state index in [1.807, 2.05) is 0 Å². The van der Waals surface area contributed by atoms with Crippen molar-refractivity contribution in [2.24, 2.45) is 7.05 Å². The van der Waals surface area contributed by atoms with Crippen molar-refractivity contribution in [1.82, 2.24) is 20.2 Å². The summed E-state index contributed by atoms with van der Waals surface area (Å²) in [6.45, 7) is 0.897. The minimum absolute atomic E-state index is 0.000800. The molecule has 1 aromatic heterocycles. The second-order valence-electron chi connectivity index (χ2n) is 9.91. The molecule has 1 N–H and O–H groups in total. The number of rotatable bonds is 7. The van der Waals surface area contributed by atoms with Crippen LogP contribution in [0, 0.1) is 0 Å². The number of halogens is 9. The van der Waals surface area contributed by atoms with Crippen molar-refractivity contribution in [3.8, 4) is 0 Å². The number of nitrogens with zero attached hydrogens (tertiary/aromatic N) is 6. The van der Waals surface area contributed by atoms with Crippen LogP contribution in [-0.4, -0.2) is 45.0 Å². The van der Waals surface area contributed by atoms with Gasteiger partial charge >= 0.3 is 18.5 Å². The van der Waals surface area contributed by atoms with E-state index >= 15 is 0 Å². The summed E-state index contributed by atoms with van der Waals surface area (Å²) in [4.78, 5) is 3.99. The number of hydrogen-bond donors (Lipinski definition) is 1. The van der Waals surface area contributed by atoms with E-state index in [1.54, 1.807) is 4.90 Å². The third-order valence-corrected chi connectivity index (χ3v) is 7.05. The zero-order valence-electron chi connectivity index (χ0n) is 22.4. The second-order valence-corrected chi connectivity index (χ2v) is 9.91. The van der Waals surface area contributed by atoms with Gasteiger partial charge in [-0.2, -0.15) is 44.3 Å². The number of aliphatic hydroxyl groups is 1. The van der Waals surface area contributed by atoms with E-state index in [4.69, 9.17) is 0 Å². The summed E-state index contributed by atoms with van der Waals surface area (Å²) in [5.74, 6) is -0.132. The SMILES string of the molecule is CCc1cc2c(cc1C(F)(F)F)N(CCO)CCCC2N(Cc1cc(C(F)(F)F)cc(C(F)(F)F)c1)c1nnn(C)n1. The van der Waals surface area contributed by atoms with Gasteiger partial charge < -0.3 is 14.9 Å². The van der Waals surface area contributed by atoms with E-state index in [1.165, 1.54) is 24.9 Å². The summed E-state index contributed by atoms with van der Waals surface area (Å²) in [7, 11) is 1.41. The van der Waals surface area contributed by atoms with E-state index in [0.717, 1.165) is 10.9 Å². The van der Waals surface area contributed by atoms with Crippen LogP contribution >= 0.6 is 0 Å². The number of aryl methyl sites for hydroxylation is 2. The lowest BCUT2D eigenvalue weighted by Crippen LogP contribution is -2.31. The van der Waals surface area contributed by atoms with Crippen molar-refractivity contribution in [2.75, 3.05) is 29.5 Å². The number of alkyl halides is 9. The van der Waals surface area contributed by atoms with Gasteiger partial charge in [0.05, 0.1) is 36.4 Å². The standard InChI is InChI=1S/C26H27F9N6O/c1-3-16-11-19-21(5-4-6-40(7-8-42)22(19)13-20(16)26(33,34)35)41(23-36-38-39(2)37-23)14-15-9-17(24(27,28)29)12-18(10-15)25(30,31)32/h9-13,21,42H,3-8,14H2,1-2H3. The summed E-state index contributed by atoms with van der Waals surface area (Å²) in [5.41, 5.74) is -3.78. The smallest absolute Gasteiger partial charge is 0.395 e. The largest absolute Gasteiger partial charge is 0.416 e. The van der Waals surface area contributed by atoms with Gasteiger partial charge in [0.25, 0.3) is 5.95 Å². The normalized spacial score (nSPS) is 16.4. The fourth-order valence-electron chi connectivity index (χ4n) is 5.19. The molecule has 0 bridgehead atoms. The van der Waals surface area contributed by atoms with Crippen LogP contribution in [0.15, 0.2) is 30.3 Å². The van der Waals surface area contributed by atoms with Crippen molar-refractivity contribution >= 4 is 11.6 Å².